The predicted octanol–water partition coefficient (Wildman–Crippen LogP) is 0.772. The van der Waals surface area contributed by atoms with Crippen molar-refractivity contribution < 1.29 is 39.5 Å². The van der Waals surface area contributed by atoms with Gasteiger partial charge in [0.25, 0.3) is 0 Å². The number of hydrogen-bond acceptors (Lipinski definition) is 9. The van der Waals surface area contributed by atoms with Gasteiger partial charge in [-0.2, -0.15) is 0 Å². The van der Waals surface area contributed by atoms with E-state index in [1.54, 1.807) is 27.7 Å². The van der Waals surface area contributed by atoms with Crippen LogP contribution in [0.2, 0.25) is 0 Å². The lowest BCUT2D eigenvalue weighted by Gasteiger charge is -2.39. The molecule has 0 amide bonds. The topological polar surface area (TPSA) is 137 Å². The highest BCUT2D eigenvalue weighted by atomic mass is 16.6. The van der Waals surface area contributed by atoms with Gasteiger partial charge in [-0.1, -0.05) is 33.8 Å². The first-order valence-corrected chi connectivity index (χ1v) is 11.8. The van der Waals surface area contributed by atoms with Gasteiger partial charge in [-0.15, -0.1) is 0 Å². The molecule has 0 aromatic rings. The van der Waals surface area contributed by atoms with Crippen molar-refractivity contribution in [2.45, 2.75) is 96.4 Å². The molecule has 0 aromatic heterocycles. The van der Waals surface area contributed by atoms with Crippen LogP contribution in [0.3, 0.4) is 0 Å². The molecule has 6 atom stereocenters. The van der Waals surface area contributed by atoms with E-state index in [1.807, 2.05) is 6.08 Å². The van der Waals surface area contributed by atoms with Crippen LogP contribution in [0.1, 0.15) is 60.8 Å². The molecule has 0 aliphatic carbocycles. The quantitative estimate of drug-likeness (QED) is 0.254. The zero-order valence-electron chi connectivity index (χ0n) is 20.7. The van der Waals surface area contributed by atoms with Crippen molar-refractivity contribution in [1.29, 1.82) is 0 Å². The van der Waals surface area contributed by atoms with E-state index < -0.39 is 41.5 Å². The van der Waals surface area contributed by atoms with E-state index in [1.165, 1.54) is 13.8 Å². The van der Waals surface area contributed by atoms with Gasteiger partial charge in [0, 0.05) is 19.5 Å². The monoisotopic (exact) mass is 471 g/mol. The standard InChI is InChI=1S/C24H41NO8/c1-14(2)11-23(31,16(5)26)21(29)33-24(17(6)27,12-15(3)4)22(30)32-13-18-7-9-25-10-8-19(28)20(18)25/h7,14-17,19-20,26-28,31H,8-13H2,1-6H3/t16-,17-,19+,20+,23+,24+/m0/s1. The molecule has 1 saturated heterocycles. The Hall–Kier alpha value is -1.52. The highest BCUT2D eigenvalue weighted by molar-refractivity contribution is 5.87. The molecule has 2 aliphatic heterocycles. The average molecular weight is 472 g/mol. The van der Waals surface area contributed by atoms with Gasteiger partial charge in [0.2, 0.25) is 5.60 Å². The Balaban J connectivity index is 2.27. The van der Waals surface area contributed by atoms with Crippen molar-refractivity contribution in [3.63, 3.8) is 0 Å². The van der Waals surface area contributed by atoms with Gasteiger partial charge in [0.15, 0.2) is 5.60 Å². The number of aliphatic hydroxyl groups excluding tert-OH is 3. The second-order valence-corrected chi connectivity index (χ2v) is 10.4. The molecular weight excluding hydrogens is 430 g/mol. The maximum atomic E-state index is 13.3. The van der Waals surface area contributed by atoms with Gasteiger partial charge in [-0.25, -0.2) is 9.59 Å². The Kier molecular flexibility index (Phi) is 9.09. The van der Waals surface area contributed by atoms with E-state index in [2.05, 4.69) is 4.90 Å². The normalized spacial score (nSPS) is 26.4. The number of fused-ring (bicyclic) bond motifs is 1. The summed E-state index contributed by atoms with van der Waals surface area (Å²) in [5.74, 6) is -2.42. The van der Waals surface area contributed by atoms with Gasteiger partial charge in [0.1, 0.15) is 12.7 Å². The number of ether oxygens (including phenoxy) is 2. The molecule has 0 spiro atoms. The molecule has 1 fully saturated rings. The SMILES string of the molecule is CC(C)C[C@](OC(=O)[C@@](O)(CC(C)C)[C@H](C)O)(C(=O)OCC1=CCN2CC[C@@H](O)[C@@H]12)[C@H](C)O. The third kappa shape index (κ3) is 5.95. The molecular formula is C24H41NO8. The van der Waals surface area contributed by atoms with E-state index >= 15 is 0 Å². The van der Waals surface area contributed by atoms with Gasteiger partial charge < -0.3 is 29.9 Å². The van der Waals surface area contributed by atoms with Crippen LogP contribution >= 0.6 is 0 Å². The van der Waals surface area contributed by atoms with E-state index in [4.69, 9.17) is 9.47 Å². The second kappa shape index (κ2) is 10.8. The molecule has 0 radical (unpaired) electrons. The molecule has 2 rings (SSSR count). The van der Waals surface area contributed by atoms with E-state index in [0.29, 0.717) is 13.0 Å². The third-order valence-corrected chi connectivity index (χ3v) is 6.58. The number of aliphatic hydroxyl groups is 4. The van der Waals surface area contributed by atoms with Crippen molar-refractivity contribution >= 4 is 11.9 Å². The number of carbonyl (C=O) groups excluding carboxylic acids is 2. The summed E-state index contributed by atoms with van der Waals surface area (Å²) in [6.45, 7) is 11.1. The molecule has 0 bridgehead atoms. The first kappa shape index (κ1) is 27.7. The summed E-state index contributed by atoms with van der Waals surface area (Å²) < 4.78 is 11.1. The number of esters is 2. The van der Waals surface area contributed by atoms with Gasteiger partial charge in [-0.05, 0) is 44.1 Å². The van der Waals surface area contributed by atoms with Crippen LogP contribution in [0.15, 0.2) is 11.6 Å². The average Bonchev–Trinajstić information content (AvgIpc) is 3.27. The molecule has 190 valence electrons. The van der Waals surface area contributed by atoms with Crippen molar-refractivity contribution in [3.8, 4) is 0 Å². The molecule has 33 heavy (non-hydrogen) atoms. The van der Waals surface area contributed by atoms with Gasteiger partial charge in [0.05, 0.1) is 18.2 Å². The van der Waals surface area contributed by atoms with Crippen molar-refractivity contribution in [2.75, 3.05) is 19.7 Å². The maximum Gasteiger partial charge on any atom is 0.353 e. The van der Waals surface area contributed by atoms with Crippen LogP contribution in [0.25, 0.3) is 0 Å². The van der Waals surface area contributed by atoms with E-state index in [9.17, 15) is 30.0 Å². The first-order chi connectivity index (χ1) is 15.2. The van der Waals surface area contributed by atoms with Crippen LogP contribution in [0.5, 0.6) is 0 Å². The molecule has 0 unspecified atom stereocenters. The lowest BCUT2D eigenvalue weighted by Crippen LogP contribution is -2.59. The largest absolute Gasteiger partial charge is 0.458 e. The summed E-state index contributed by atoms with van der Waals surface area (Å²) in [7, 11) is 0. The fraction of sp³-hybridized carbons (Fsp3) is 0.833. The highest BCUT2D eigenvalue weighted by Gasteiger charge is 2.54. The summed E-state index contributed by atoms with van der Waals surface area (Å²) in [4.78, 5) is 28.5. The zero-order valence-corrected chi connectivity index (χ0v) is 20.7. The lowest BCUT2D eigenvalue weighted by atomic mass is 9.85. The Labute approximate surface area is 196 Å². The Morgan fingerprint density at radius 1 is 1.06 bits per heavy atom. The van der Waals surface area contributed by atoms with E-state index in [0.717, 1.165) is 12.1 Å². The number of rotatable bonds is 11. The van der Waals surface area contributed by atoms with Crippen LogP contribution in [-0.4, -0.2) is 92.5 Å². The molecule has 9 heteroatoms. The smallest absolute Gasteiger partial charge is 0.353 e. The molecule has 4 N–H and O–H groups in total. The van der Waals surface area contributed by atoms with Crippen molar-refractivity contribution in [3.05, 3.63) is 11.6 Å². The number of nitrogens with zero attached hydrogens (tertiary/aromatic N) is 1. The van der Waals surface area contributed by atoms with E-state index in [-0.39, 0.29) is 37.3 Å². The first-order valence-electron chi connectivity index (χ1n) is 11.8. The highest BCUT2D eigenvalue weighted by Crippen LogP contribution is 2.34. The minimum Gasteiger partial charge on any atom is -0.458 e. The molecule has 2 aliphatic rings. The fourth-order valence-electron chi connectivity index (χ4n) is 4.80. The Morgan fingerprint density at radius 2 is 1.67 bits per heavy atom. The number of hydrogen-bond donors (Lipinski definition) is 4. The Morgan fingerprint density at radius 3 is 2.18 bits per heavy atom. The summed E-state index contributed by atoms with van der Waals surface area (Å²) in [5, 5.41) is 41.9. The predicted molar refractivity (Wildman–Crippen MR) is 121 cm³/mol. The zero-order chi connectivity index (χ0) is 25.1. The fourth-order valence-corrected chi connectivity index (χ4v) is 4.80. The van der Waals surface area contributed by atoms with Crippen molar-refractivity contribution in [2.24, 2.45) is 11.8 Å². The minimum absolute atomic E-state index is 0.0377. The molecule has 9 nitrogen and oxygen atoms in total. The van der Waals surface area contributed by atoms with Crippen LogP contribution in [-0.2, 0) is 19.1 Å². The summed E-state index contributed by atoms with van der Waals surface area (Å²) >= 11 is 0. The maximum absolute atomic E-state index is 13.3. The molecule has 2 heterocycles. The van der Waals surface area contributed by atoms with Crippen LogP contribution in [0, 0.1) is 11.8 Å². The third-order valence-electron chi connectivity index (χ3n) is 6.58. The molecule has 0 saturated carbocycles. The molecule has 0 aromatic carbocycles. The van der Waals surface area contributed by atoms with Crippen molar-refractivity contribution in [1.82, 2.24) is 4.90 Å². The summed E-state index contributed by atoms with van der Waals surface area (Å²) in [6.07, 6.45) is -0.987. The summed E-state index contributed by atoms with van der Waals surface area (Å²) in [6, 6.07) is -0.210. The number of carbonyl (C=O) groups is 2. The van der Waals surface area contributed by atoms with Crippen LogP contribution in [0.4, 0.5) is 0 Å². The second-order valence-electron chi connectivity index (χ2n) is 10.4. The van der Waals surface area contributed by atoms with Gasteiger partial charge >= 0.3 is 11.9 Å². The van der Waals surface area contributed by atoms with Gasteiger partial charge in [-0.3, -0.25) is 4.90 Å². The Bertz CT molecular complexity index is 734. The minimum atomic E-state index is -2.24. The van der Waals surface area contributed by atoms with Crippen LogP contribution < -0.4 is 0 Å². The lowest BCUT2D eigenvalue weighted by molar-refractivity contribution is -0.216. The summed E-state index contributed by atoms with van der Waals surface area (Å²) in [5.41, 5.74) is -3.53.